The number of amides is 1. The molecule has 0 spiro atoms. The van der Waals surface area contributed by atoms with Gasteiger partial charge in [0.05, 0.1) is 17.5 Å². The fourth-order valence-corrected chi connectivity index (χ4v) is 4.12. The van der Waals surface area contributed by atoms with Gasteiger partial charge in [-0.3, -0.25) is 19.5 Å². The number of rotatable bonds is 7. The van der Waals surface area contributed by atoms with Crippen LogP contribution in [0.3, 0.4) is 0 Å². The molecule has 2 N–H and O–H groups in total. The molecule has 0 radical (unpaired) electrons. The number of aromatic nitrogens is 2. The van der Waals surface area contributed by atoms with Crippen LogP contribution in [0, 0.1) is 11.3 Å². The molecular formula is C24H24F3N7O3. The Balaban J connectivity index is 1.28. The minimum Gasteiger partial charge on any atom is -0.492 e. The standard InChI is InChI=1S/C24H24F3N7O3/c25-24(26,27)21-19(15-31-32-22(21)35)29-6-11-37-18-3-1-2-17(12-18)23(36)34-9-7-33(8-10-34)20-5-4-16(13-28)14-30-20/h1-4,12,14-15,20H,5-11H2,(H2,29,32,35). The number of halogens is 3. The lowest BCUT2D eigenvalue weighted by molar-refractivity contribution is -0.138. The Morgan fingerprint density at radius 1 is 1.27 bits per heavy atom. The lowest BCUT2D eigenvalue weighted by Crippen LogP contribution is -2.51. The molecule has 2 aromatic rings. The molecule has 1 aromatic carbocycles. The molecule has 0 aliphatic carbocycles. The number of aliphatic imine (C=N–C) groups is 1. The Labute approximate surface area is 210 Å². The first kappa shape index (κ1) is 25.9. The fourth-order valence-electron chi connectivity index (χ4n) is 4.12. The number of dihydropyridines is 1. The second kappa shape index (κ2) is 11.3. The Morgan fingerprint density at radius 3 is 2.73 bits per heavy atom. The van der Waals surface area contributed by atoms with Crippen molar-refractivity contribution in [2.45, 2.75) is 18.8 Å². The highest BCUT2D eigenvalue weighted by Crippen LogP contribution is 2.31. The molecule has 1 fully saturated rings. The summed E-state index contributed by atoms with van der Waals surface area (Å²) in [6.07, 6.45) is 0.138. The van der Waals surface area contributed by atoms with E-state index >= 15 is 0 Å². The Kier molecular flexibility index (Phi) is 7.88. The normalized spacial score (nSPS) is 18.2. The Bertz CT molecular complexity index is 1290. The van der Waals surface area contributed by atoms with Crippen LogP contribution in [0.2, 0.25) is 0 Å². The van der Waals surface area contributed by atoms with Crippen molar-refractivity contribution in [2.24, 2.45) is 4.99 Å². The van der Waals surface area contributed by atoms with Crippen molar-refractivity contribution in [2.75, 3.05) is 44.6 Å². The number of allylic oxidation sites excluding steroid dienone is 1. The van der Waals surface area contributed by atoms with Gasteiger partial charge in [-0.25, -0.2) is 5.10 Å². The van der Waals surface area contributed by atoms with Crippen LogP contribution in [0.1, 0.15) is 22.3 Å². The highest BCUT2D eigenvalue weighted by molar-refractivity contribution is 5.94. The molecule has 13 heteroatoms. The molecular weight excluding hydrogens is 491 g/mol. The van der Waals surface area contributed by atoms with Crippen molar-refractivity contribution in [1.82, 2.24) is 20.0 Å². The van der Waals surface area contributed by atoms with Gasteiger partial charge < -0.3 is 15.0 Å². The van der Waals surface area contributed by atoms with Gasteiger partial charge in [0, 0.05) is 50.9 Å². The number of benzene rings is 1. The van der Waals surface area contributed by atoms with E-state index in [1.165, 1.54) is 0 Å². The number of nitrogens with one attached hydrogen (secondary N) is 2. The summed E-state index contributed by atoms with van der Waals surface area (Å²) in [6, 6.07) is 8.66. The number of piperazine rings is 1. The number of ether oxygens (including phenoxy) is 1. The maximum absolute atomic E-state index is 13.1. The van der Waals surface area contributed by atoms with Gasteiger partial charge in [-0.2, -0.15) is 23.5 Å². The van der Waals surface area contributed by atoms with Gasteiger partial charge in [0.25, 0.3) is 11.5 Å². The van der Waals surface area contributed by atoms with Crippen molar-refractivity contribution >= 4 is 17.8 Å². The van der Waals surface area contributed by atoms with E-state index in [1.807, 2.05) is 6.08 Å². The van der Waals surface area contributed by atoms with Gasteiger partial charge in [0.1, 0.15) is 30.2 Å². The summed E-state index contributed by atoms with van der Waals surface area (Å²) in [5.74, 6) is 0.245. The van der Waals surface area contributed by atoms with Crippen LogP contribution in [-0.2, 0) is 6.18 Å². The molecule has 2 aliphatic heterocycles. The molecule has 1 unspecified atom stereocenters. The Hall–Kier alpha value is -4.18. The largest absolute Gasteiger partial charge is 0.492 e. The van der Waals surface area contributed by atoms with Gasteiger partial charge in [-0.15, -0.1) is 0 Å². The zero-order valence-electron chi connectivity index (χ0n) is 19.7. The summed E-state index contributed by atoms with van der Waals surface area (Å²) in [4.78, 5) is 32.9. The van der Waals surface area contributed by atoms with Crippen LogP contribution in [-0.4, -0.2) is 77.6 Å². The lowest BCUT2D eigenvalue weighted by atomic mass is 10.1. The predicted octanol–water partition coefficient (Wildman–Crippen LogP) is 2.29. The molecule has 0 bridgehead atoms. The average Bonchev–Trinajstić information content (AvgIpc) is 2.90. The van der Waals surface area contributed by atoms with E-state index in [9.17, 15) is 22.8 Å². The highest BCUT2D eigenvalue weighted by atomic mass is 19.4. The summed E-state index contributed by atoms with van der Waals surface area (Å²) in [6.45, 7) is 2.33. The second-order valence-corrected chi connectivity index (χ2v) is 8.38. The quantitative estimate of drug-likeness (QED) is 0.542. The molecule has 1 amide bonds. The first-order valence-electron chi connectivity index (χ1n) is 11.5. The van der Waals surface area contributed by atoms with Crippen LogP contribution in [0.5, 0.6) is 5.75 Å². The van der Waals surface area contributed by atoms with Gasteiger partial charge in [-0.1, -0.05) is 12.1 Å². The highest BCUT2D eigenvalue weighted by Gasteiger charge is 2.37. The van der Waals surface area contributed by atoms with Gasteiger partial charge in [-0.05, 0) is 18.2 Å². The first-order chi connectivity index (χ1) is 17.8. The van der Waals surface area contributed by atoms with Crippen molar-refractivity contribution < 1.29 is 22.7 Å². The number of nitriles is 1. The molecule has 1 aromatic heterocycles. The van der Waals surface area contributed by atoms with E-state index in [2.05, 4.69) is 26.4 Å². The zero-order valence-corrected chi connectivity index (χ0v) is 19.7. The molecule has 1 saturated heterocycles. The SMILES string of the molecule is N#CC1=CCC(N2CCN(C(=O)c3cccc(OCCNc4cn[nH]c(=O)c4C(F)(F)F)c3)CC2)N=C1. The summed E-state index contributed by atoms with van der Waals surface area (Å²) < 4.78 is 45.0. The van der Waals surface area contributed by atoms with E-state index in [-0.39, 0.29) is 25.2 Å². The topological polar surface area (TPSA) is 127 Å². The number of hydrogen-bond acceptors (Lipinski definition) is 8. The molecule has 194 valence electrons. The van der Waals surface area contributed by atoms with Crippen molar-refractivity contribution in [1.29, 1.82) is 5.26 Å². The van der Waals surface area contributed by atoms with E-state index in [4.69, 9.17) is 10.00 Å². The zero-order chi connectivity index (χ0) is 26.4. The first-order valence-corrected chi connectivity index (χ1v) is 11.5. The molecule has 0 saturated carbocycles. The van der Waals surface area contributed by atoms with E-state index in [0.717, 1.165) is 6.20 Å². The summed E-state index contributed by atoms with van der Waals surface area (Å²) in [5.41, 5.74) is -2.13. The van der Waals surface area contributed by atoms with Crippen molar-refractivity contribution in [3.05, 3.63) is 63.6 Å². The maximum atomic E-state index is 13.1. The number of aromatic amines is 1. The average molecular weight is 515 g/mol. The smallest absolute Gasteiger partial charge is 0.423 e. The summed E-state index contributed by atoms with van der Waals surface area (Å²) in [5, 5.41) is 16.6. The molecule has 3 heterocycles. The molecule has 4 rings (SSSR count). The minimum absolute atomic E-state index is 0.00964. The summed E-state index contributed by atoms with van der Waals surface area (Å²) in [7, 11) is 0. The summed E-state index contributed by atoms with van der Waals surface area (Å²) >= 11 is 0. The minimum atomic E-state index is -4.83. The third-order valence-electron chi connectivity index (χ3n) is 5.99. The van der Waals surface area contributed by atoms with Crippen LogP contribution in [0.25, 0.3) is 0 Å². The van der Waals surface area contributed by atoms with Crippen LogP contribution >= 0.6 is 0 Å². The number of anilines is 1. The lowest BCUT2D eigenvalue weighted by Gasteiger charge is -2.38. The number of alkyl halides is 3. The van der Waals surface area contributed by atoms with E-state index in [0.29, 0.717) is 49.5 Å². The van der Waals surface area contributed by atoms with Crippen molar-refractivity contribution in [3.8, 4) is 11.8 Å². The molecule has 10 nitrogen and oxygen atoms in total. The van der Waals surface area contributed by atoms with Crippen LogP contribution < -0.4 is 15.6 Å². The number of hydrogen-bond donors (Lipinski definition) is 2. The van der Waals surface area contributed by atoms with E-state index < -0.39 is 23.0 Å². The molecule has 1 atom stereocenters. The van der Waals surface area contributed by atoms with Crippen LogP contribution in [0.4, 0.5) is 18.9 Å². The number of nitrogens with zero attached hydrogens (tertiary/aromatic N) is 5. The Morgan fingerprint density at radius 2 is 2.05 bits per heavy atom. The predicted molar refractivity (Wildman–Crippen MR) is 128 cm³/mol. The third-order valence-corrected chi connectivity index (χ3v) is 5.99. The van der Waals surface area contributed by atoms with Gasteiger partial charge in [0.15, 0.2) is 0 Å². The molecule has 2 aliphatic rings. The fraction of sp³-hybridized carbons (Fsp3) is 0.375. The van der Waals surface area contributed by atoms with Crippen molar-refractivity contribution in [3.63, 3.8) is 0 Å². The monoisotopic (exact) mass is 515 g/mol. The van der Waals surface area contributed by atoms with E-state index in [1.54, 1.807) is 40.5 Å². The number of H-pyrrole nitrogens is 1. The van der Waals surface area contributed by atoms with Crippen LogP contribution in [0.15, 0.2) is 51.9 Å². The maximum Gasteiger partial charge on any atom is 0.423 e. The van der Waals surface area contributed by atoms with Gasteiger partial charge >= 0.3 is 6.18 Å². The second-order valence-electron chi connectivity index (χ2n) is 8.38. The van der Waals surface area contributed by atoms with Gasteiger partial charge in [0.2, 0.25) is 0 Å². The number of carbonyl (C=O) groups excluding carboxylic acids is 1. The number of carbonyl (C=O) groups is 1. The molecule has 37 heavy (non-hydrogen) atoms. The third kappa shape index (κ3) is 6.34.